The first kappa shape index (κ1) is 7.01. The number of amides is 1. The molecule has 0 saturated carbocycles. The van der Waals surface area contributed by atoms with Crippen LogP contribution in [0.3, 0.4) is 0 Å². The third kappa shape index (κ3) is 1.24. The Hall–Kier alpha value is -1.10. The van der Waals surface area contributed by atoms with E-state index in [1.165, 1.54) is 13.3 Å². The van der Waals surface area contributed by atoms with Gasteiger partial charge in [0, 0.05) is 0 Å². The van der Waals surface area contributed by atoms with Gasteiger partial charge in [-0.25, -0.2) is 0 Å². The molecule has 0 spiro atoms. The first-order valence-electron chi connectivity index (χ1n) is 2.97. The largest absolute Gasteiger partial charge is 0.391 e. The number of aliphatic hydroxyl groups excluding tert-OH is 1. The highest BCUT2D eigenvalue weighted by Gasteiger charge is 2.23. The van der Waals surface area contributed by atoms with Crippen molar-refractivity contribution in [3.05, 3.63) is 0 Å². The van der Waals surface area contributed by atoms with Gasteiger partial charge in [0.2, 0.25) is 0 Å². The number of hydrogen-bond donors (Lipinski definition) is 3. The van der Waals surface area contributed by atoms with Crippen LogP contribution in [0.1, 0.15) is 6.92 Å². The standard InChI is InChI=1S/C5H9N3O2/c1-3(9)4-5(10)8-7-2-6-4/h2-4,9H,1H3,(H,6,7)(H,8,10). The summed E-state index contributed by atoms with van der Waals surface area (Å²) < 4.78 is 0. The molecule has 10 heavy (non-hydrogen) atoms. The second-order valence-corrected chi connectivity index (χ2v) is 2.10. The molecule has 0 aromatic rings. The molecule has 0 radical (unpaired) electrons. The topological polar surface area (TPSA) is 73.7 Å². The predicted molar refractivity (Wildman–Crippen MR) is 35.2 cm³/mol. The molecule has 1 heterocycles. The molecule has 0 saturated heterocycles. The van der Waals surface area contributed by atoms with Gasteiger partial charge in [0.15, 0.2) is 6.04 Å². The van der Waals surface area contributed by atoms with Gasteiger partial charge < -0.3 is 5.11 Å². The van der Waals surface area contributed by atoms with E-state index in [4.69, 9.17) is 5.11 Å². The molecule has 1 rings (SSSR count). The SMILES string of the molecule is CC(O)C1N=CNNC1=O. The summed E-state index contributed by atoms with van der Waals surface area (Å²) in [6.07, 6.45) is 0.608. The highest BCUT2D eigenvalue weighted by atomic mass is 16.3. The summed E-state index contributed by atoms with van der Waals surface area (Å²) in [5.74, 6) is -0.308. The zero-order chi connectivity index (χ0) is 7.56. The summed E-state index contributed by atoms with van der Waals surface area (Å²) in [5, 5.41) is 8.95. The zero-order valence-corrected chi connectivity index (χ0v) is 5.53. The van der Waals surface area contributed by atoms with E-state index in [9.17, 15) is 4.79 Å². The number of hydrogen-bond acceptors (Lipinski definition) is 4. The lowest BCUT2D eigenvalue weighted by atomic mass is 10.2. The van der Waals surface area contributed by atoms with Crippen molar-refractivity contribution in [1.82, 2.24) is 10.9 Å². The third-order valence-corrected chi connectivity index (χ3v) is 1.22. The fourth-order valence-electron chi connectivity index (χ4n) is 0.706. The van der Waals surface area contributed by atoms with E-state index in [1.54, 1.807) is 0 Å². The first-order chi connectivity index (χ1) is 4.72. The van der Waals surface area contributed by atoms with Gasteiger partial charge in [-0.15, -0.1) is 0 Å². The summed E-state index contributed by atoms with van der Waals surface area (Å²) in [5.41, 5.74) is 4.73. The molecular formula is C5H9N3O2. The van der Waals surface area contributed by atoms with Crippen LogP contribution in [-0.2, 0) is 4.79 Å². The quantitative estimate of drug-likeness (QED) is 0.414. The predicted octanol–water partition coefficient (Wildman–Crippen LogP) is -1.60. The van der Waals surface area contributed by atoms with Crippen LogP contribution in [0.2, 0.25) is 0 Å². The molecule has 1 aliphatic rings. The minimum absolute atomic E-state index is 0.308. The fourth-order valence-corrected chi connectivity index (χ4v) is 0.706. The van der Waals surface area contributed by atoms with Crippen LogP contribution in [-0.4, -0.2) is 29.5 Å². The number of nitrogens with one attached hydrogen (secondary N) is 2. The summed E-state index contributed by atoms with van der Waals surface area (Å²) in [7, 11) is 0. The van der Waals surface area contributed by atoms with E-state index in [0.717, 1.165) is 0 Å². The molecule has 0 fully saturated rings. The Balaban J connectivity index is 2.64. The van der Waals surface area contributed by atoms with Crippen LogP contribution >= 0.6 is 0 Å². The summed E-state index contributed by atoms with van der Waals surface area (Å²) in [6.45, 7) is 1.52. The van der Waals surface area contributed by atoms with E-state index in [1.807, 2.05) is 0 Å². The maximum absolute atomic E-state index is 10.8. The van der Waals surface area contributed by atoms with Crippen molar-refractivity contribution in [2.24, 2.45) is 4.99 Å². The monoisotopic (exact) mass is 143 g/mol. The van der Waals surface area contributed by atoms with Crippen LogP contribution in [0, 0.1) is 0 Å². The smallest absolute Gasteiger partial charge is 0.265 e. The van der Waals surface area contributed by atoms with E-state index in [2.05, 4.69) is 15.8 Å². The lowest BCUT2D eigenvalue weighted by Gasteiger charge is -2.18. The zero-order valence-electron chi connectivity index (χ0n) is 5.53. The van der Waals surface area contributed by atoms with Crippen LogP contribution in [0.4, 0.5) is 0 Å². The van der Waals surface area contributed by atoms with Crippen molar-refractivity contribution >= 4 is 12.2 Å². The van der Waals surface area contributed by atoms with Gasteiger partial charge >= 0.3 is 0 Å². The van der Waals surface area contributed by atoms with Gasteiger partial charge in [0.05, 0.1) is 6.10 Å². The molecule has 0 aromatic carbocycles. The number of rotatable bonds is 1. The van der Waals surface area contributed by atoms with Gasteiger partial charge in [0.25, 0.3) is 5.91 Å². The summed E-state index contributed by atoms with van der Waals surface area (Å²) in [4.78, 5) is 14.5. The highest BCUT2D eigenvalue weighted by molar-refractivity contribution is 5.86. The normalized spacial score (nSPS) is 27.0. The van der Waals surface area contributed by atoms with Crippen molar-refractivity contribution in [3.63, 3.8) is 0 Å². The Bertz CT molecular complexity index is 166. The number of carbonyl (C=O) groups excluding carboxylic acids is 1. The average Bonchev–Trinajstić information content (AvgIpc) is 1.88. The van der Waals surface area contributed by atoms with Crippen molar-refractivity contribution in [1.29, 1.82) is 0 Å². The van der Waals surface area contributed by atoms with Crippen molar-refractivity contribution < 1.29 is 9.90 Å². The van der Waals surface area contributed by atoms with Crippen molar-refractivity contribution in [2.75, 3.05) is 0 Å². The molecule has 0 aliphatic carbocycles. The maximum Gasteiger partial charge on any atom is 0.265 e. The second-order valence-electron chi connectivity index (χ2n) is 2.10. The Kier molecular flexibility index (Phi) is 1.86. The van der Waals surface area contributed by atoms with Crippen LogP contribution in [0.25, 0.3) is 0 Å². The van der Waals surface area contributed by atoms with Gasteiger partial charge in [-0.1, -0.05) is 0 Å². The lowest BCUT2D eigenvalue weighted by molar-refractivity contribution is -0.125. The Morgan fingerprint density at radius 3 is 3.00 bits per heavy atom. The Labute approximate surface area is 58.1 Å². The first-order valence-corrected chi connectivity index (χ1v) is 2.97. The van der Waals surface area contributed by atoms with E-state index in [0.29, 0.717) is 0 Å². The molecular weight excluding hydrogens is 134 g/mol. The number of hydrazine groups is 1. The van der Waals surface area contributed by atoms with Crippen molar-refractivity contribution in [2.45, 2.75) is 19.1 Å². The highest BCUT2D eigenvalue weighted by Crippen LogP contribution is 1.98. The molecule has 5 nitrogen and oxygen atoms in total. The number of aliphatic hydroxyl groups is 1. The number of carbonyl (C=O) groups is 1. The van der Waals surface area contributed by atoms with E-state index in [-0.39, 0.29) is 5.91 Å². The molecule has 2 unspecified atom stereocenters. The van der Waals surface area contributed by atoms with Crippen LogP contribution in [0.15, 0.2) is 4.99 Å². The lowest BCUT2D eigenvalue weighted by Crippen LogP contribution is -2.50. The molecule has 1 aliphatic heterocycles. The second kappa shape index (κ2) is 2.66. The molecule has 2 atom stereocenters. The van der Waals surface area contributed by atoms with E-state index < -0.39 is 12.1 Å². The molecule has 56 valence electrons. The Morgan fingerprint density at radius 1 is 1.90 bits per heavy atom. The molecule has 0 bridgehead atoms. The van der Waals surface area contributed by atoms with E-state index >= 15 is 0 Å². The van der Waals surface area contributed by atoms with Crippen LogP contribution < -0.4 is 10.9 Å². The molecule has 3 N–H and O–H groups in total. The number of nitrogens with zero attached hydrogens (tertiary/aromatic N) is 1. The molecule has 5 heteroatoms. The van der Waals surface area contributed by atoms with Crippen LogP contribution in [0.5, 0.6) is 0 Å². The van der Waals surface area contributed by atoms with Crippen molar-refractivity contribution in [3.8, 4) is 0 Å². The van der Waals surface area contributed by atoms with Gasteiger partial charge in [-0.2, -0.15) is 0 Å². The summed E-state index contributed by atoms with van der Waals surface area (Å²) >= 11 is 0. The third-order valence-electron chi connectivity index (χ3n) is 1.22. The molecule has 0 aromatic heterocycles. The Morgan fingerprint density at radius 2 is 2.60 bits per heavy atom. The minimum atomic E-state index is -0.738. The average molecular weight is 143 g/mol. The van der Waals surface area contributed by atoms with Gasteiger partial charge in [0.1, 0.15) is 6.34 Å². The fraction of sp³-hybridized carbons (Fsp3) is 0.600. The summed E-state index contributed by atoms with van der Waals surface area (Å²) in [6, 6.07) is -0.666. The maximum atomic E-state index is 10.8. The van der Waals surface area contributed by atoms with Gasteiger partial charge in [-0.3, -0.25) is 20.6 Å². The molecule has 1 amide bonds. The number of aliphatic imine (C=N–C) groups is 1. The van der Waals surface area contributed by atoms with Gasteiger partial charge in [-0.05, 0) is 6.92 Å². The minimum Gasteiger partial charge on any atom is -0.391 e.